The van der Waals surface area contributed by atoms with Crippen LogP contribution in [0.3, 0.4) is 0 Å². The van der Waals surface area contributed by atoms with Crippen LogP contribution >= 0.6 is 11.6 Å². The highest BCUT2D eigenvalue weighted by Crippen LogP contribution is 2.45. The smallest absolute Gasteiger partial charge is 0.329 e. The number of nitrogens with one attached hydrogen (secondary N) is 1. The maximum absolute atomic E-state index is 13.2. The van der Waals surface area contributed by atoms with E-state index in [1.807, 2.05) is 0 Å². The van der Waals surface area contributed by atoms with Gasteiger partial charge in [-0.2, -0.15) is 0 Å². The van der Waals surface area contributed by atoms with Gasteiger partial charge in [0.05, 0.1) is 0 Å². The Morgan fingerprint density at radius 3 is 2.66 bits per heavy atom. The van der Waals surface area contributed by atoms with Gasteiger partial charge in [0, 0.05) is 24.2 Å². The third-order valence-corrected chi connectivity index (χ3v) is 6.15. The molecule has 0 spiro atoms. The Labute approximate surface area is 203 Å². The quantitative estimate of drug-likeness (QED) is 0.599. The number of nitrogens with zero attached hydrogens (tertiary/aromatic N) is 5. The van der Waals surface area contributed by atoms with Crippen LogP contribution in [-0.4, -0.2) is 60.9 Å². The summed E-state index contributed by atoms with van der Waals surface area (Å²) in [5.41, 5.74) is 0.721. The van der Waals surface area contributed by atoms with E-state index in [1.165, 1.54) is 28.1 Å². The normalized spacial score (nSPS) is 22.9. The lowest BCUT2D eigenvalue weighted by atomic mass is 9.92. The van der Waals surface area contributed by atoms with Crippen LogP contribution in [0.25, 0.3) is 5.57 Å². The molecule has 35 heavy (non-hydrogen) atoms. The standard InChI is InChI=1S/C22H22ClF3N6O3/c23-21(35-22(24,25)26)12-16(9-10-17(21)15-6-2-1-3-7-15)28-20(34)18-8-4-5-11-32(18)19(33)13-31-14-27-29-30-31/h1-3,6-7,9-10,14,18H,4-5,8,11-13H2,(H,28,34)/t18-,21?/m1/s1. The monoisotopic (exact) mass is 510 g/mol. The van der Waals surface area contributed by atoms with Crippen LogP contribution in [-0.2, 0) is 20.9 Å². The minimum atomic E-state index is -5.01. The first-order valence-corrected chi connectivity index (χ1v) is 11.3. The summed E-state index contributed by atoms with van der Waals surface area (Å²) in [6.45, 7) is 0.236. The predicted molar refractivity (Wildman–Crippen MR) is 118 cm³/mol. The molecule has 1 aromatic carbocycles. The van der Waals surface area contributed by atoms with E-state index in [2.05, 4.69) is 25.6 Å². The van der Waals surface area contributed by atoms with E-state index in [4.69, 9.17) is 11.6 Å². The molecule has 9 nitrogen and oxygen atoms in total. The van der Waals surface area contributed by atoms with Gasteiger partial charge in [0.2, 0.25) is 11.8 Å². The number of ether oxygens (including phenoxy) is 1. The number of amides is 2. The summed E-state index contributed by atoms with van der Waals surface area (Å²) in [7, 11) is 0. The Morgan fingerprint density at radius 2 is 1.97 bits per heavy atom. The fourth-order valence-corrected chi connectivity index (χ4v) is 4.63. The minimum absolute atomic E-state index is 0.117. The van der Waals surface area contributed by atoms with E-state index in [0.29, 0.717) is 18.5 Å². The number of alkyl halides is 4. The van der Waals surface area contributed by atoms with Crippen molar-refractivity contribution >= 4 is 29.0 Å². The van der Waals surface area contributed by atoms with Gasteiger partial charge in [0.25, 0.3) is 0 Å². The topological polar surface area (TPSA) is 102 Å². The SMILES string of the molecule is O=C(NC1=CC=C(c2ccccc2)C(Cl)(OC(F)(F)F)C1)[C@H]1CCCCN1C(=O)Cn1cnnn1. The number of carbonyl (C=O) groups excluding carboxylic acids is 2. The van der Waals surface area contributed by atoms with Gasteiger partial charge in [0.1, 0.15) is 18.9 Å². The molecule has 1 N–H and O–H groups in total. The van der Waals surface area contributed by atoms with Crippen molar-refractivity contribution in [1.29, 1.82) is 0 Å². The molecule has 1 aliphatic carbocycles. The lowest BCUT2D eigenvalue weighted by Crippen LogP contribution is -2.53. The maximum Gasteiger partial charge on any atom is 0.524 e. The summed E-state index contributed by atoms with van der Waals surface area (Å²) in [4.78, 5) is 27.3. The number of carbonyl (C=O) groups is 2. The third kappa shape index (κ3) is 6.06. The number of aromatic nitrogens is 4. The molecule has 13 heteroatoms. The number of hydrogen-bond donors (Lipinski definition) is 1. The van der Waals surface area contributed by atoms with Crippen molar-refractivity contribution in [1.82, 2.24) is 30.4 Å². The zero-order valence-corrected chi connectivity index (χ0v) is 19.2. The predicted octanol–water partition coefficient (Wildman–Crippen LogP) is 3.01. The van der Waals surface area contributed by atoms with Crippen molar-refractivity contribution in [2.45, 2.75) is 49.7 Å². The summed E-state index contributed by atoms with van der Waals surface area (Å²) in [6, 6.07) is 7.53. The highest BCUT2D eigenvalue weighted by molar-refractivity contribution is 6.29. The zero-order valence-electron chi connectivity index (χ0n) is 18.4. The average molecular weight is 511 g/mol. The highest BCUT2D eigenvalue weighted by atomic mass is 35.5. The molecule has 2 aliphatic rings. The molecule has 0 saturated carbocycles. The molecule has 186 valence electrons. The second-order valence-electron chi connectivity index (χ2n) is 8.19. The summed E-state index contributed by atoms with van der Waals surface area (Å²) in [5, 5.41) is 11.0. The summed E-state index contributed by atoms with van der Waals surface area (Å²) < 4.78 is 45.3. The number of likely N-dealkylation sites (tertiary alicyclic amines) is 1. The highest BCUT2D eigenvalue weighted by Gasteiger charge is 2.47. The molecule has 1 aromatic heterocycles. The van der Waals surface area contributed by atoms with Crippen molar-refractivity contribution in [2.75, 3.05) is 6.54 Å². The number of piperidine rings is 1. The van der Waals surface area contributed by atoms with E-state index in [0.717, 1.165) is 12.8 Å². The van der Waals surface area contributed by atoms with E-state index in [-0.39, 0.29) is 23.7 Å². The van der Waals surface area contributed by atoms with Crippen LogP contribution in [0.2, 0.25) is 0 Å². The molecule has 1 fully saturated rings. The van der Waals surface area contributed by atoms with Crippen LogP contribution in [0.15, 0.2) is 54.5 Å². The molecule has 2 aromatic rings. The Kier molecular flexibility index (Phi) is 7.22. The van der Waals surface area contributed by atoms with E-state index in [9.17, 15) is 22.8 Å². The molecule has 1 saturated heterocycles. The van der Waals surface area contributed by atoms with Crippen molar-refractivity contribution in [3.8, 4) is 0 Å². The van der Waals surface area contributed by atoms with Gasteiger partial charge in [-0.05, 0) is 41.3 Å². The van der Waals surface area contributed by atoms with Gasteiger partial charge in [-0.1, -0.05) is 48.0 Å². The van der Waals surface area contributed by atoms with Crippen molar-refractivity contribution in [3.05, 3.63) is 60.1 Å². The molecule has 1 unspecified atom stereocenters. The summed E-state index contributed by atoms with van der Waals surface area (Å²) in [6.07, 6.45) is 0.599. The average Bonchev–Trinajstić information content (AvgIpc) is 3.31. The molecular weight excluding hydrogens is 489 g/mol. The van der Waals surface area contributed by atoms with Crippen LogP contribution in [0.5, 0.6) is 0 Å². The van der Waals surface area contributed by atoms with Crippen LogP contribution in [0, 0.1) is 0 Å². The minimum Gasteiger partial charge on any atom is -0.329 e. The third-order valence-electron chi connectivity index (χ3n) is 5.73. The Balaban J connectivity index is 1.53. The number of allylic oxidation sites excluding steroid dienone is 2. The lowest BCUT2D eigenvalue weighted by molar-refractivity contribution is -0.342. The summed E-state index contributed by atoms with van der Waals surface area (Å²) in [5.74, 6) is -0.850. The Bertz CT molecular complexity index is 1120. The number of benzene rings is 1. The molecule has 2 atom stereocenters. The lowest BCUT2D eigenvalue weighted by Gasteiger charge is -2.37. The molecule has 4 rings (SSSR count). The first kappa shape index (κ1) is 24.9. The first-order chi connectivity index (χ1) is 16.6. The van der Waals surface area contributed by atoms with Crippen LogP contribution in [0.1, 0.15) is 31.2 Å². The van der Waals surface area contributed by atoms with E-state index >= 15 is 0 Å². The van der Waals surface area contributed by atoms with Gasteiger partial charge < -0.3 is 10.2 Å². The molecule has 0 radical (unpaired) electrons. The van der Waals surface area contributed by atoms with Gasteiger partial charge in [0.15, 0.2) is 5.06 Å². The molecular formula is C22H22ClF3N6O3. The van der Waals surface area contributed by atoms with Crippen molar-refractivity contribution in [2.24, 2.45) is 0 Å². The van der Waals surface area contributed by atoms with Crippen molar-refractivity contribution < 1.29 is 27.5 Å². The maximum atomic E-state index is 13.2. The fraction of sp³-hybridized carbons (Fsp3) is 0.409. The molecule has 0 bridgehead atoms. The van der Waals surface area contributed by atoms with Crippen LogP contribution < -0.4 is 5.32 Å². The van der Waals surface area contributed by atoms with Crippen LogP contribution in [0.4, 0.5) is 13.2 Å². The zero-order chi connectivity index (χ0) is 25.1. The number of hydrogen-bond acceptors (Lipinski definition) is 6. The fourth-order valence-electron chi connectivity index (χ4n) is 4.22. The van der Waals surface area contributed by atoms with Gasteiger partial charge in [-0.15, -0.1) is 18.3 Å². The van der Waals surface area contributed by atoms with Crippen molar-refractivity contribution in [3.63, 3.8) is 0 Å². The second-order valence-corrected chi connectivity index (χ2v) is 8.80. The number of rotatable bonds is 6. The van der Waals surface area contributed by atoms with Gasteiger partial charge in [-0.3, -0.25) is 14.3 Å². The van der Waals surface area contributed by atoms with Gasteiger partial charge >= 0.3 is 6.36 Å². The largest absolute Gasteiger partial charge is 0.524 e. The molecule has 2 amide bonds. The second kappa shape index (κ2) is 10.2. The van der Waals surface area contributed by atoms with Gasteiger partial charge in [-0.25, -0.2) is 4.68 Å². The first-order valence-electron chi connectivity index (χ1n) is 10.9. The molecule has 1 aliphatic heterocycles. The summed E-state index contributed by atoms with van der Waals surface area (Å²) >= 11 is 6.39. The Hall–Kier alpha value is -3.25. The van der Waals surface area contributed by atoms with E-state index < -0.39 is 29.8 Å². The Morgan fingerprint density at radius 1 is 1.20 bits per heavy atom. The number of halogens is 4. The molecule has 2 heterocycles. The van der Waals surface area contributed by atoms with E-state index in [1.54, 1.807) is 30.3 Å². The number of tetrazole rings is 1.